The van der Waals surface area contributed by atoms with Crippen molar-refractivity contribution in [1.82, 2.24) is 4.98 Å². The maximum absolute atomic E-state index is 9.74. The van der Waals surface area contributed by atoms with Crippen LogP contribution >= 0.6 is 0 Å². The highest BCUT2D eigenvalue weighted by molar-refractivity contribution is 6.23. The van der Waals surface area contributed by atoms with Crippen molar-refractivity contribution in [2.45, 2.75) is 78.0 Å². The fourth-order valence-corrected chi connectivity index (χ4v) is 7.75. The average Bonchev–Trinajstić information content (AvgIpc) is 3.42. The minimum absolute atomic E-state index is 0.205. The summed E-state index contributed by atoms with van der Waals surface area (Å²) < 4.78 is 41.6. The largest absolute Gasteiger partial charge is 0.455 e. The molecular weight excluding hydrogens is 498 g/mol. The molecule has 2 nitrogen and oxygen atoms in total. The molecule has 1 spiro atoms. The van der Waals surface area contributed by atoms with E-state index in [9.17, 15) is 1.37 Å². The molecule has 4 aromatic carbocycles. The third kappa shape index (κ3) is 4.09. The Morgan fingerprint density at radius 2 is 1.51 bits per heavy atom. The first-order valence-corrected chi connectivity index (χ1v) is 15.2. The Morgan fingerprint density at radius 1 is 0.780 bits per heavy atom. The van der Waals surface area contributed by atoms with Crippen LogP contribution in [0.4, 0.5) is 0 Å². The fourth-order valence-electron chi connectivity index (χ4n) is 7.75. The van der Waals surface area contributed by atoms with Gasteiger partial charge >= 0.3 is 0 Å². The topological polar surface area (TPSA) is 26.0 Å². The molecule has 0 aliphatic heterocycles. The molecule has 2 aromatic heterocycles. The van der Waals surface area contributed by atoms with Crippen LogP contribution in [0.2, 0.25) is 0 Å². The van der Waals surface area contributed by atoms with Gasteiger partial charge in [-0.1, -0.05) is 68.4 Å². The van der Waals surface area contributed by atoms with Crippen molar-refractivity contribution >= 4 is 43.5 Å². The first-order valence-electron chi connectivity index (χ1n) is 17.2. The van der Waals surface area contributed by atoms with E-state index >= 15 is 0 Å². The normalized spacial score (nSPS) is 21.6. The Labute approximate surface area is 248 Å². The van der Waals surface area contributed by atoms with Gasteiger partial charge in [0.15, 0.2) is 0 Å². The highest BCUT2D eigenvalue weighted by Gasteiger charge is 2.41. The summed E-state index contributed by atoms with van der Waals surface area (Å²) in [6.45, 7) is 2.39. The predicted octanol–water partition coefficient (Wildman–Crippen LogP) is 11.5. The maximum atomic E-state index is 9.74. The van der Waals surface area contributed by atoms with E-state index in [4.69, 9.17) is 13.5 Å². The number of nitrogens with zero attached hydrogens (tertiary/aromatic N) is 1. The van der Waals surface area contributed by atoms with Gasteiger partial charge in [-0.15, -0.1) is 0 Å². The number of fused-ring (bicyclic) bond motifs is 7. The van der Waals surface area contributed by atoms with Gasteiger partial charge in [0.25, 0.3) is 0 Å². The van der Waals surface area contributed by atoms with Crippen LogP contribution in [-0.2, 0) is 0 Å². The zero-order chi connectivity index (χ0) is 31.2. The average molecular weight is 542 g/mol. The first-order chi connectivity index (χ1) is 21.5. The van der Waals surface area contributed by atoms with E-state index in [1.165, 1.54) is 31.9 Å². The molecule has 0 N–H and O–H groups in total. The van der Waals surface area contributed by atoms with Crippen LogP contribution < -0.4 is 0 Å². The van der Waals surface area contributed by atoms with E-state index in [1.54, 1.807) is 0 Å². The lowest BCUT2D eigenvalue weighted by atomic mass is 9.58. The van der Waals surface area contributed by atoms with Crippen LogP contribution in [0, 0.1) is 17.7 Å². The zero-order valence-corrected chi connectivity index (χ0v) is 24.0. The van der Waals surface area contributed by atoms with Gasteiger partial charge in [-0.05, 0) is 120 Å². The summed E-state index contributed by atoms with van der Waals surface area (Å²) in [5.41, 5.74) is 4.55. The van der Waals surface area contributed by atoms with Crippen molar-refractivity contribution in [2.75, 3.05) is 0 Å². The predicted molar refractivity (Wildman–Crippen MR) is 173 cm³/mol. The van der Waals surface area contributed by atoms with E-state index in [0.29, 0.717) is 34.9 Å². The Hall–Kier alpha value is -3.65. The zero-order valence-electron chi connectivity index (χ0n) is 28.0. The number of furan rings is 1. The highest BCUT2D eigenvalue weighted by Crippen LogP contribution is 2.55. The second-order valence-electron chi connectivity index (χ2n) is 13.5. The second kappa shape index (κ2) is 9.18. The lowest BCUT2D eigenvalue weighted by molar-refractivity contribution is 0.0584. The van der Waals surface area contributed by atoms with Gasteiger partial charge in [-0.3, -0.25) is 4.98 Å². The third-order valence-corrected chi connectivity index (χ3v) is 10.5. The van der Waals surface area contributed by atoms with Gasteiger partial charge in [-0.2, -0.15) is 0 Å². The Kier molecular flexibility index (Phi) is 4.73. The number of rotatable bonds is 2. The number of pyridine rings is 1. The van der Waals surface area contributed by atoms with Crippen LogP contribution in [-0.4, -0.2) is 4.98 Å². The van der Waals surface area contributed by atoms with Crippen molar-refractivity contribution in [2.24, 2.45) is 10.8 Å². The summed E-state index contributed by atoms with van der Waals surface area (Å²) in [4.78, 5) is 4.73. The van der Waals surface area contributed by atoms with E-state index < -0.39 is 12.7 Å². The number of benzene rings is 4. The van der Waals surface area contributed by atoms with Crippen molar-refractivity contribution < 1.29 is 9.90 Å². The van der Waals surface area contributed by atoms with E-state index in [-0.39, 0.29) is 5.56 Å². The molecule has 0 radical (unpaired) electrons. The quantitative estimate of drug-likeness (QED) is 0.204. The summed E-state index contributed by atoms with van der Waals surface area (Å²) >= 11 is 0. The monoisotopic (exact) mass is 541 g/mol. The molecule has 2 saturated carbocycles. The van der Waals surface area contributed by atoms with E-state index in [1.807, 2.05) is 18.2 Å². The summed E-state index contributed by atoms with van der Waals surface area (Å²) in [5, 5.41) is 6.57. The molecule has 2 aliphatic carbocycles. The third-order valence-electron chi connectivity index (χ3n) is 10.5. The molecule has 0 unspecified atom stereocenters. The lowest BCUT2D eigenvalue weighted by Gasteiger charge is -2.47. The molecule has 6 aromatic rings. The minimum atomic E-state index is -2.34. The molecule has 0 bridgehead atoms. The molecule has 2 fully saturated rings. The van der Waals surface area contributed by atoms with Crippen LogP contribution in [0.5, 0.6) is 0 Å². The molecule has 206 valence electrons. The Bertz CT molecular complexity index is 2100. The summed E-state index contributed by atoms with van der Waals surface area (Å²) in [7, 11) is 0. The van der Waals surface area contributed by atoms with Crippen LogP contribution in [0.25, 0.3) is 54.7 Å². The van der Waals surface area contributed by atoms with Crippen molar-refractivity contribution in [3.8, 4) is 11.3 Å². The number of para-hydroxylation sites is 1. The summed E-state index contributed by atoms with van der Waals surface area (Å²) in [6, 6.07) is 24.9. The summed E-state index contributed by atoms with van der Waals surface area (Å²) in [5.74, 6) is -0.962. The maximum Gasteiger partial charge on any atom is 0.144 e. The van der Waals surface area contributed by atoms with Crippen molar-refractivity contribution in [3.05, 3.63) is 90.1 Å². The van der Waals surface area contributed by atoms with Gasteiger partial charge in [0.2, 0.25) is 0 Å². The highest BCUT2D eigenvalue weighted by atomic mass is 16.3. The van der Waals surface area contributed by atoms with Gasteiger partial charge in [-0.25, -0.2) is 0 Å². The number of hydrogen-bond donors (Lipinski definition) is 0. The van der Waals surface area contributed by atoms with E-state index in [0.717, 1.165) is 61.9 Å². The fraction of sp³-hybridized carbons (Fsp3) is 0.359. The van der Waals surface area contributed by atoms with Gasteiger partial charge in [0.1, 0.15) is 11.2 Å². The molecule has 0 amide bonds. The van der Waals surface area contributed by atoms with Crippen LogP contribution in [0.15, 0.2) is 83.4 Å². The number of hydrogen-bond acceptors (Lipinski definition) is 2. The van der Waals surface area contributed by atoms with Crippen molar-refractivity contribution in [3.63, 3.8) is 0 Å². The van der Waals surface area contributed by atoms with Crippen LogP contribution in [0.3, 0.4) is 0 Å². The molecular formula is C39H39NO. The molecule has 2 heteroatoms. The van der Waals surface area contributed by atoms with E-state index in [2.05, 4.69) is 68.4 Å². The number of aromatic nitrogens is 1. The second-order valence-corrected chi connectivity index (χ2v) is 13.5. The molecule has 0 saturated heterocycles. The van der Waals surface area contributed by atoms with Crippen LogP contribution in [0.1, 0.15) is 87.7 Å². The molecule has 41 heavy (non-hydrogen) atoms. The molecule has 2 aliphatic rings. The molecule has 2 heterocycles. The van der Waals surface area contributed by atoms with Crippen molar-refractivity contribution in [1.29, 1.82) is 0 Å². The first kappa shape index (κ1) is 21.1. The standard InChI is InChI=1S/C39H39NO/c1-25-24-40-34(23-33(25)27-15-17-39(18-16-27)21-19-38(2,3)20-22-39)32-10-6-9-30-31-14-13-28-12-11-26-7-4-5-8-29(26)35(28)37(31)41-36(30)32/h4-14,23-24,27H,15-22H2,1-3H3/i1D3,27D. The van der Waals surface area contributed by atoms with Gasteiger partial charge in [0.05, 0.1) is 5.69 Å². The smallest absolute Gasteiger partial charge is 0.144 e. The number of aryl methyl sites for hydroxylation is 1. The van der Waals surface area contributed by atoms with Gasteiger partial charge < -0.3 is 4.42 Å². The molecule has 0 atom stereocenters. The lowest BCUT2D eigenvalue weighted by Crippen LogP contribution is -2.34. The molecule has 8 rings (SSSR count). The summed E-state index contributed by atoms with van der Waals surface area (Å²) in [6.07, 6.45) is 9.68. The minimum Gasteiger partial charge on any atom is -0.455 e. The van der Waals surface area contributed by atoms with Gasteiger partial charge in [0, 0.05) is 33.4 Å². The Morgan fingerprint density at radius 3 is 2.34 bits per heavy atom. The Balaban J connectivity index is 1.25. The SMILES string of the molecule is [2H]C([2H])([2H])c1cnc(-c2cccc3c2oc2c3ccc3ccc4ccccc4c32)cc1C1([2H])CCC2(CCC(C)(C)CC2)CC1.